The Morgan fingerprint density at radius 1 is 1.33 bits per heavy atom. The van der Waals surface area contributed by atoms with E-state index in [1.54, 1.807) is 18.2 Å². The van der Waals surface area contributed by atoms with Gasteiger partial charge in [0.05, 0.1) is 14.2 Å². The quantitative estimate of drug-likeness (QED) is 0.821. The van der Waals surface area contributed by atoms with Crippen molar-refractivity contribution in [2.24, 2.45) is 0 Å². The van der Waals surface area contributed by atoms with Crippen molar-refractivity contribution in [2.45, 2.75) is 19.4 Å². The molecule has 0 saturated carbocycles. The zero-order valence-electron chi connectivity index (χ0n) is 10.8. The summed E-state index contributed by atoms with van der Waals surface area (Å²) in [6.45, 7) is 2.02. The predicted octanol–water partition coefficient (Wildman–Crippen LogP) is 2.61. The lowest BCUT2D eigenvalue weighted by atomic mass is 10.1. The molecule has 1 N–H and O–H groups in total. The van der Waals surface area contributed by atoms with Crippen LogP contribution in [0.25, 0.3) is 0 Å². The van der Waals surface area contributed by atoms with Gasteiger partial charge in [-0.25, -0.2) is 0 Å². The Labute approximate surface area is 116 Å². The molecule has 0 aliphatic heterocycles. The summed E-state index contributed by atoms with van der Waals surface area (Å²) in [4.78, 5) is 12.2. The average Bonchev–Trinajstić information content (AvgIpc) is 2.43. The van der Waals surface area contributed by atoms with Gasteiger partial charge in [0.25, 0.3) is 5.91 Å². The molecule has 0 heterocycles. The molecule has 18 heavy (non-hydrogen) atoms. The predicted molar refractivity (Wildman–Crippen MR) is 74.9 cm³/mol. The Bertz CT molecular complexity index is 383. The Balaban J connectivity index is 3.03. The van der Waals surface area contributed by atoms with E-state index in [1.807, 2.05) is 6.92 Å². The van der Waals surface area contributed by atoms with Crippen molar-refractivity contribution in [3.8, 4) is 11.5 Å². The lowest BCUT2D eigenvalue weighted by molar-refractivity contribution is 0.0934. The molecule has 1 amide bonds. The molecule has 1 rings (SSSR count). The van der Waals surface area contributed by atoms with Crippen LogP contribution in [0, 0.1) is 0 Å². The molecule has 0 radical (unpaired) electrons. The highest BCUT2D eigenvalue weighted by Gasteiger charge is 2.19. The maximum absolute atomic E-state index is 12.2. The van der Waals surface area contributed by atoms with Crippen LogP contribution in [0.15, 0.2) is 18.2 Å². The number of nitrogens with one attached hydrogen (secondary N) is 1. The summed E-state index contributed by atoms with van der Waals surface area (Å²) in [5.41, 5.74) is 0.432. The zero-order chi connectivity index (χ0) is 13.5. The highest BCUT2D eigenvalue weighted by atomic mass is 79.9. The maximum atomic E-state index is 12.2. The molecule has 0 aliphatic rings. The van der Waals surface area contributed by atoms with Crippen LogP contribution in [-0.2, 0) is 0 Å². The van der Waals surface area contributed by atoms with Crippen LogP contribution in [0.5, 0.6) is 11.5 Å². The van der Waals surface area contributed by atoms with Gasteiger partial charge < -0.3 is 14.8 Å². The van der Waals surface area contributed by atoms with Crippen molar-refractivity contribution in [2.75, 3.05) is 19.5 Å². The second-order valence-corrected chi connectivity index (χ2v) is 4.42. The molecule has 1 aromatic rings. The Morgan fingerprint density at radius 3 is 2.28 bits per heavy atom. The minimum absolute atomic E-state index is 0.0899. The van der Waals surface area contributed by atoms with Gasteiger partial charge in [-0.1, -0.05) is 28.9 Å². The summed E-state index contributed by atoms with van der Waals surface area (Å²) >= 11 is 3.37. The summed E-state index contributed by atoms with van der Waals surface area (Å²) in [7, 11) is 3.07. The lowest BCUT2D eigenvalue weighted by Crippen LogP contribution is -2.35. The highest BCUT2D eigenvalue weighted by molar-refractivity contribution is 9.09. The van der Waals surface area contributed by atoms with Gasteiger partial charge in [-0.2, -0.15) is 0 Å². The Hall–Kier alpha value is -1.23. The van der Waals surface area contributed by atoms with Crippen molar-refractivity contribution in [3.63, 3.8) is 0 Å². The van der Waals surface area contributed by atoms with Crippen molar-refractivity contribution in [1.29, 1.82) is 0 Å². The van der Waals surface area contributed by atoms with Crippen LogP contribution in [0.1, 0.15) is 23.7 Å². The number of benzene rings is 1. The Morgan fingerprint density at radius 2 is 1.89 bits per heavy atom. The second kappa shape index (κ2) is 7.26. The van der Waals surface area contributed by atoms with Crippen molar-refractivity contribution >= 4 is 21.8 Å². The van der Waals surface area contributed by atoms with Crippen LogP contribution < -0.4 is 14.8 Å². The molecule has 0 bridgehead atoms. The lowest BCUT2D eigenvalue weighted by Gasteiger charge is -2.17. The molecule has 0 saturated heterocycles. The SMILES string of the molecule is CCC(CBr)NC(=O)c1c(OC)cccc1OC. The first kappa shape index (κ1) is 14.8. The first-order valence-electron chi connectivity index (χ1n) is 5.75. The van der Waals surface area contributed by atoms with Crippen molar-refractivity contribution in [3.05, 3.63) is 23.8 Å². The molecular formula is C13H18BrNO3. The second-order valence-electron chi connectivity index (χ2n) is 3.77. The number of halogens is 1. The molecule has 4 nitrogen and oxygen atoms in total. The summed E-state index contributed by atoms with van der Waals surface area (Å²) in [5.74, 6) is 0.836. The van der Waals surface area contributed by atoms with Crippen molar-refractivity contribution < 1.29 is 14.3 Å². The number of hydrogen-bond acceptors (Lipinski definition) is 3. The van der Waals surface area contributed by atoms with E-state index in [4.69, 9.17) is 9.47 Å². The number of carbonyl (C=O) groups is 1. The molecule has 100 valence electrons. The summed E-state index contributed by atoms with van der Waals surface area (Å²) in [6, 6.07) is 5.36. The number of methoxy groups -OCH3 is 2. The van der Waals surface area contributed by atoms with E-state index in [0.29, 0.717) is 22.4 Å². The van der Waals surface area contributed by atoms with Gasteiger partial charge in [0.15, 0.2) is 0 Å². The monoisotopic (exact) mass is 315 g/mol. The molecular weight excluding hydrogens is 298 g/mol. The topological polar surface area (TPSA) is 47.6 Å². The van der Waals surface area contributed by atoms with Gasteiger partial charge in [0.1, 0.15) is 17.1 Å². The number of ether oxygens (including phenoxy) is 2. The summed E-state index contributed by atoms with van der Waals surface area (Å²) in [6.07, 6.45) is 0.856. The third-order valence-electron chi connectivity index (χ3n) is 2.67. The van der Waals surface area contributed by atoms with E-state index < -0.39 is 0 Å². The molecule has 0 aliphatic carbocycles. The largest absolute Gasteiger partial charge is 0.496 e. The van der Waals surface area contributed by atoms with Gasteiger partial charge in [-0.3, -0.25) is 4.79 Å². The minimum Gasteiger partial charge on any atom is -0.496 e. The fraction of sp³-hybridized carbons (Fsp3) is 0.462. The summed E-state index contributed by atoms with van der Waals surface area (Å²) < 4.78 is 10.4. The van der Waals surface area contributed by atoms with Crippen LogP contribution in [-0.4, -0.2) is 31.5 Å². The molecule has 1 atom stereocenters. The maximum Gasteiger partial charge on any atom is 0.259 e. The van der Waals surface area contributed by atoms with Crippen LogP contribution in [0.3, 0.4) is 0 Å². The fourth-order valence-electron chi connectivity index (χ4n) is 1.58. The first-order chi connectivity index (χ1) is 8.67. The zero-order valence-corrected chi connectivity index (χ0v) is 12.4. The smallest absolute Gasteiger partial charge is 0.259 e. The number of amides is 1. The average molecular weight is 316 g/mol. The van der Waals surface area contributed by atoms with Gasteiger partial charge in [-0.05, 0) is 18.6 Å². The van der Waals surface area contributed by atoms with E-state index in [2.05, 4.69) is 21.2 Å². The van der Waals surface area contributed by atoms with Gasteiger partial charge in [0.2, 0.25) is 0 Å². The fourth-order valence-corrected chi connectivity index (χ4v) is 2.20. The van der Waals surface area contributed by atoms with E-state index in [0.717, 1.165) is 6.42 Å². The molecule has 1 aromatic carbocycles. The van der Waals surface area contributed by atoms with E-state index >= 15 is 0 Å². The van der Waals surface area contributed by atoms with E-state index in [9.17, 15) is 4.79 Å². The number of rotatable bonds is 6. The van der Waals surface area contributed by atoms with E-state index in [-0.39, 0.29) is 11.9 Å². The van der Waals surface area contributed by atoms with Crippen molar-refractivity contribution in [1.82, 2.24) is 5.32 Å². The van der Waals surface area contributed by atoms with Gasteiger partial charge >= 0.3 is 0 Å². The van der Waals surface area contributed by atoms with Gasteiger partial charge in [0, 0.05) is 11.4 Å². The standard InChI is InChI=1S/C13H18BrNO3/c1-4-9(8-14)15-13(16)12-10(17-2)6-5-7-11(12)18-3/h5-7,9H,4,8H2,1-3H3,(H,15,16). The molecule has 0 aromatic heterocycles. The van der Waals surface area contributed by atoms with Crippen LogP contribution >= 0.6 is 15.9 Å². The summed E-state index contributed by atoms with van der Waals surface area (Å²) in [5, 5.41) is 3.65. The number of carbonyl (C=O) groups excluding carboxylic acids is 1. The van der Waals surface area contributed by atoms with E-state index in [1.165, 1.54) is 14.2 Å². The van der Waals surface area contributed by atoms with Crippen LogP contribution in [0.2, 0.25) is 0 Å². The molecule has 5 heteroatoms. The number of hydrogen-bond donors (Lipinski definition) is 1. The Kier molecular flexibility index (Phi) is 5.98. The molecule has 0 fully saturated rings. The first-order valence-corrected chi connectivity index (χ1v) is 6.87. The number of alkyl halides is 1. The normalized spacial score (nSPS) is 11.8. The molecule has 1 unspecified atom stereocenters. The molecule has 0 spiro atoms. The third-order valence-corrected chi connectivity index (χ3v) is 3.45. The van der Waals surface area contributed by atoms with Gasteiger partial charge in [-0.15, -0.1) is 0 Å². The highest BCUT2D eigenvalue weighted by Crippen LogP contribution is 2.28. The third kappa shape index (κ3) is 3.38. The minimum atomic E-state index is -0.185. The van der Waals surface area contributed by atoms with Crippen LogP contribution in [0.4, 0.5) is 0 Å².